The Morgan fingerprint density at radius 1 is 1.17 bits per heavy atom. The summed E-state index contributed by atoms with van der Waals surface area (Å²) in [6.45, 7) is 1.10. The minimum atomic E-state index is -3.26. The number of halogens is 3. The Balaban J connectivity index is 1.48. The lowest BCUT2D eigenvalue weighted by Crippen LogP contribution is -2.24. The van der Waals surface area contributed by atoms with Crippen molar-refractivity contribution in [2.24, 2.45) is 0 Å². The van der Waals surface area contributed by atoms with Crippen LogP contribution in [-0.4, -0.2) is 28.7 Å². The van der Waals surface area contributed by atoms with E-state index in [2.05, 4.69) is 14.9 Å². The molecule has 1 amide bonds. The van der Waals surface area contributed by atoms with Gasteiger partial charge in [0.25, 0.3) is 5.89 Å². The van der Waals surface area contributed by atoms with Crippen molar-refractivity contribution in [1.29, 1.82) is 0 Å². The monoisotopic (exact) mass is 419 g/mol. The number of nitrogens with zero attached hydrogens (tertiary/aromatic N) is 3. The fraction of sp³-hybridized carbons (Fsp3) is 0.250. The smallest absolute Gasteiger partial charge is 0.394 e. The van der Waals surface area contributed by atoms with Gasteiger partial charge in [-0.3, -0.25) is 4.79 Å². The Hall–Kier alpha value is -3.00. The fourth-order valence-electron chi connectivity index (χ4n) is 3.14. The van der Waals surface area contributed by atoms with Crippen molar-refractivity contribution in [2.45, 2.75) is 25.4 Å². The summed E-state index contributed by atoms with van der Waals surface area (Å²) >= 11 is 5.90. The topological polar surface area (TPSA) is 68.5 Å². The molecule has 0 N–H and O–H groups in total. The number of hydrogen-bond donors (Lipinski definition) is 0. The number of benzene rings is 2. The van der Waals surface area contributed by atoms with Crippen LogP contribution < -0.4 is 9.64 Å². The Morgan fingerprint density at radius 3 is 2.52 bits per heavy atom. The van der Waals surface area contributed by atoms with Crippen LogP contribution in [0.4, 0.5) is 14.5 Å². The molecule has 1 unspecified atom stereocenters. The van der Waals surface area contributed by atoms with Gasteiger partial charge in [-0.2, -0.15) is 13.8 Å². The van der Waals surface area contributed by atoms with Crippen molar-refractivity contribution in [3.8, 4) is 17.2 Å². The summed E-state index contributed by atoms with van der Waals surface area (Å²) in [4.78, 5) is 18.4. The molecule has 0 aliphatic carbocycles. The summed E-state index contributed by atoms with van der Waals surface area (Å²) in [6.07, 6.45) is -3.00. The molecule has 4 rings (SSSR count). The average molecular weight is 420 g/mol. The van der Waals surface area contributed by atoms with E-state index in [-0.39, 0.29) is 29.9 Å². The molecular weight excluding hydrogens is 404 g/mol. The minimum absolute atomic E-state index is 0.0287. The molecule has 0 bridgehead atoms. The Kier molecular flexibility index (Phi) is 4.96. The maximum atomic E-state index is 12.9. The second-order valence-corrected chi connectivity index (χ2v) is 7.21. The van der Waals surface area contributed by atoms with Gasteiger partial charge in [0.2, 0.25) is 5.91 Å². The third kappa shape index (κ3) is 4.37. The van der Waals surface area contributed by atoms with Gasteiger partial charge in [0.15, 0.2) is 5.82 Å². The van der Waals surface area contributed by atoms with Crippen LogP contribution in [0.5, 0.6) is 5.75 Å². The van der Waals surface area contributed by atoms with Gasteiger partial charge in [0.1, 0.15) is 5.75 Å². The molecule has 1 aliphatic rings. The van der Waals surface area contributed by atoms with Crippen molar-refractivity contribution in [3.05, 3.63) is 59.4 Å². The molecule has 3 aromatic rings. The van der Waals surface area contributed by atoms with E-state index >= 15 is 0 Å². The van der Waals surface area contributed by atoms with Crippen LogP contribution >= 0.6 is 11.6 Å². The normalized spacial score (nSPS) is 17.0. The first-order valence-corrected chi connectivity index (χ1v) is 9.23. The lowest BCUT2D eigenvalue weighted by atomic mass is 10.1. The van der Waals surface area contributed by atoms with Crippen molar-refractivity contribution in [3.63, 3.8) is 0 Å². The molecule has 29 heavy (non-hydrogen) atoms. The predicted octanol–water partition coefficient (Wildman–Crippen LogP) is 4.90. The Bertz CT molecular complexity index is 1020. The zero-order valence-electron chi connectivity index (χ0n) is 15.3. The highest BCUT2D eigenvalue weighted by atomic mass is 35.5. The van der Waals surface area contributed by atoms with Gasteiger partial charge >= 0.3 is 6.11 Å². The lowest BCUT2D eigenvalue weighted by Gasteiger charge is -2.16. The van der Waals surface area contributed by atoms with Gasteiger partial charge in [-0.15, -0.1) is 0 Å². The van der Waals surface area contributed by atoms with Crippen molar-refractivity contribution < 1.29 is 22.8 Å². The van der Waals surface area contributed by atoms with E-state index < -0.39 is 6.11 Å². The van der Waals surface area contributed by atoms with E-state index in [1.807, 2.05) is 0 Å². The van der Waals surface area contributed by atoms with Crippen molar-refractivity contribution in [2.75, 3.05) is 11.4 Å². The standard InChI is InChI=1S/C20H16ClF2N3O3/c1-20(22,23)28-16-8-2-12(3-9-16)19-24-18(25-29-19)13-10-17(27)26(11-13)15-6-4-14(21)5-7-15/h2-9,13H,10-11H2,1H3. The Morgan fingerprint density at radius 2 is 1.86 bits per heavy atom. The first kappa shape index (κ1) is 19.3. The highest BCUT2D eigenvalue weighted by Crippen LogP contribution is 2.32. The molecule has 2 heterocycles. The van der Waals surface area contributed by atoms with E-state index in [4.69, 9.17) is 16.1 Å². The second-order valence-electron chi connectivity index (χ2n) is 6.77. The zero-order valence-corrected chi connectivity index (χ0v) is 16.1. The molecule has 1 aromatic heterocycles. The largest absolute Gasteiger partial charge is 0.433 e. The predicted molar refractivity (Wildman–Crippen MR) is 102 cm³/mol. The Labute approximate surface area is 170 Å². The van der Waals surface area contributed by atoms with Crippen LogP contribution in [0.25, 0.3) is 11.5 Å². The van der Waals surface area contributed by atoms with E-state index in [0.29, 0.717) is 29.9 Å². The average Bonchev–Trinajstić information content (AvgIpc) is 3.29. The van der Waals surface area contributed by atoms with Gasteiger partial charge in [-0.1, -0.05) is 16.8 Å². The van der Waals surface area contributed by atoms with Crippen LogP contribution in [-0.2, 0) is 4.79 Å². The van der Waals surface area contributed by atoms with Crippen LogP contribution in [0, 0.1) is 0 Å². The highest BCUT2D eigenvalue weighted by Gasteiger charge is 2.34. The van der Waals surface area contributed by atoms with E-state index in [0.717, 1.165) is 5.69 Å². The SMILES string of the molecule is CC(F)(F)Oc1ccc(-c2nc(C3CC(=O)N(c4ccc(Cl)cc4)C3)no2)cc1. The van der Waals surface area contributed by atoms with Gasteiger partial charge < -0.3 is 14.2 Å². The van der Waals surface area contributed by atoms with E-state index in [1.165, 1.54) is 12.1 Å². The summed E-state index contributed by atoms with van der Waals surface area (Å²) in [7, 11) is 0. The fourth-order valence-corrected chi connectivity index (χ4v) is 3.27. The summed E-state index contributed by atoms with van der Waals surface area (Å²) in [6, 6.07) is 12.9. The molecule has 150 valence electrons. The number of ether oxygens (including phenoxy) is 1. The maximum Gasteiger partial charge on any atom is 0.394 e. The third-order valence-electron chi connectivity index (χ3n) is 4.47. The number of anilines is 1. The number of rotatable bonds is 5. The van der Waals surface area contributed by atoms with Gasteiger partial charge in [0, 0.05) is 42.1 Å². The second kappa shape index (κ2) is 7.44. The molecular formula is C20H16ClF2N3O3. The molecule has 6 nitrogen and oxygen atoms in total. The molecule has 1 aliphatic heterocycles. The molecule has 1 saturated heterocycles. The van der Waals surface area contributed by atoms with Gasteiger partial charge in [-0.25, -0.2) is 0 Å². The number of hydrogen-bond acceptors (Lipinski definition) is 5. The number of alkyl halides is 2. The molecule has 0 saturated carbocycles. The van der Waals surface area contributed by atoms with Crippen LogP contribution in [0.2, 0.25) is 5.02 Å². The van der Waals surface area contributed by atoms with Crippen LogP contribution in [0.1, 0.15) is 25.1 Å². The number of carbonyl (C=O) groups is 1. The molecule has 9 heteroatoms. The molecule has 2 aromatic carbocycles. The zero-order chi connectivity index (χ0) is 20.6. The van der Waals surface area contributed by atoms with Crippen molar-refractivity contribution in [1.82, 2.24) is 10.1 Å². The first-order valence-electron chi connectivity index (χ1n) is 8.85. The van der Waals surface area contributed by atoms with E-state index in [1.54, 1.807) is 41.3 Å². The van der Waals surface area contributed by atoms with E-state index in [9.17, 15) is 13.6 Å². The third-order valence-corrected chi connectivity index (χ3v) is 4.72. The number of carbonyl (C=O) groups excluding carboxylic acids is 1. The summed E-state index contributed by atoms with van der Waals surface area (Å²) < 4.78 is 35.6. The lowest BCUT2D eigenvalue weighted by molar-refractivity contribution is -0.158. The highest BCUT2D eigenvalue weighted by molar-refractivity contribution is 6.30. The molecule has 1 fully saturated rings. The van der Waals surface area contributed by atoms with Crippen molar-refractivity contribution >= 4 is 23.2 Å². The summed E-state index contributed by atoms with van der Waals surface area (Å²) in [5, 5.41) is 4.59. The number of amides is 1. The van der Waals surface area contributed by atoms with Crippen LogP contribution in [0.15, 0.2) is 53.1 Å². The summed E-state index contributed by atoms with van der Waals surface area (Å²) in [5.41, 5.74) is 1.32. The first-order chi connectivity index (χ1) is 13.8. The van der Waals surface area contributed by atoms with Gasteiger partial charge in [-0.05, 0) is 48.5 Å². The molecule has 0 spiro atoms. The minimum Gasteiger partial charge on any atom is -0.433 e. The molecule has 0 radical (unpaired) electrons. The summed E-state index contributed by atoms with van der Waals surface area (Å²) in [5.74, 6) is 0.446. The van der Waals surface area contributed by atoms with Crippen LogP contribution in [0.3, 0.4) is 0 Å². The number of aromatic nitrogens is 2. The van der Waals surface area contributed by atoms with Gasteiger partial charge in [0.05, 0.1) is 0 Å². The maximum absolute atomic E-state index is 12.9. The molecule has 1 atom stereocenters. The quantitative estimate of drug-likeness (QED) is 0.588.